The summed E-state index contributed by atoms with van der Waals surface area (Å²) in [4.78, 5) is 30.3. The zero-order valence-electron chi connectivity index (χ0n) is 27.9. The zero-order valence-corrected chi connectivity index (χ0v) is 27.9. The van der Waals surface area contributed by atoms with Crippen LogP contribution in [-0.2, 0) is 35.8 Å². The molecule has 0 radical (unpaired) electrons. The van der Waals surface area contributed by atoms with Crippen LogP contribution in [0.4, 0.5) is 0 Å². The number of ether oxygens (including phenoxy) is 4. The Hall–Kier alpha value is -2.90. The minimum atomic E-state index is -0.809. The van der Waals surface area contributed by atoms with E-state index in [1.807, 2.05) is 19.1 Å². The number of carbonyl (C=O) groups excluding carboxylic acids is 2. The van der Waals surface area contributed by atoms with Crippen LogP contribution in [-0.4, -0.2) is 55.3 Å². The topological polar surface area (TPSA) is 74.3 Å². The molecule has 2 heterocycles. The summed E-state index contributed by atoms with van der Waals surface area (Å²) in [5.74, 6) is 0.341. The molecule has 5 atom stereocenters. The van der Waals surface area contributed by atoms with E-state index in [0.29, 0.717) is 18.9 Å². The molecule has 2 aromatic rings. The van der Waals surface area contributed by atoms with Gasteiger partial charge in [0.15, 0.2) is 0 Å². The van der Waals surface area contributed by atoms with Crippen LogP contribution in [0.1, 0.15) is 108 Å². The maximum atomic E-state index is 14.5. The lowest BCUT2D eigenvalue weighted by atomic mass is 9.73. The molecule has 0 bridgehead atoms. The third kappa shape index (κ3) is 6.55. The molecular weight excluding hydrogens is 554 g/mol. The van der Waals surface area contributed by atoms with Crippen LogP contribution in [0.25, 0.3) is 0 Å². The predicted octanol–water partition coefficient (Wildman–Crippen LogP) is 7.11. The van der Waals surface area contributed by atoms with Gasteiger partial charge in [-0.3, -0.25) is 4.79 Å². The van der Waals surface area contributed by atoms with Crippen molar-refractivity contribution in [2.24, 2.45) is 11.3 Å². The van der Waals surface area contributed by atoms with E-state index in [0.717, 1.165) is 36.1 Å². The van der Waals surface area contributed by atoms with Gasteiger partial charge >= 0.3 is 5.97 Å². The van der Waals surface area contributed by atoms with Gasteiger partial charge in [0, 0.05) is 18.1 Å². The number of methoxy groups -OCH3 is 1. The van der Waals surface area contributed by atoms with Gasteiger partial charge in [-0.1, -0.05) is 71.9 Å². The molecule has 2 aliphatic heterocycles. The lowest BCUT2D eigenvalue weighted by Crippen LogP contribution is -2.50. The van der Waals surface area contributed by atoms with Gasteiger partial charge in [0.1, 0.15) is 17.9 Å². The van der Waals surface area contributed by atoms with Crippen molar-refractivity contribution in [1.29, 1.82) is 0 Å². The molecule has 1 amide bonds. The number of rotatable bonds is 9. The van der Waals surface area contributed by atoms with Gasteiger partial charge in [-0.15, -0.1) is 0 Å². The maximum Gasteiger partial charge on any atom is 0.329 e. The fraction of sp³-hybridized carbons (Fsp3) is 0.622. The molecule has 3 fully saturated rings. The number of amides is 1. The third-order valence-corrected chi connectivity index (χ3v) is 9.50. The summed E-state index contributed by atoms with van der Waals surface area (Å²) in [5, 5.41) is 0. The van der Waals surface area contributed by atoms with Gasteiger partial charge in [-0.2, -0.15) is 0 Å². The molecule has 0 aromatic heterocycles. The van der Waals surface area contributed by atoms with Crippen molar-refractivity contribution < 1.29 is 28.5 Å². The second kappa shape index (κ2) is 12.8. The summed E-state index contributed by atoms with van der Waals surface area (Å²) >= 11 is 0. The van der Waals surface area contributed by atoms with E-state index in [1.54, 1.807) is 12.0 Å². The first-order valence-electron chi connectivity index (χ1n) is 16.3. The molecule has 7 heteroatoms. The van der Waals surface area contributed by atoms with Crippen LogP contribution < -0.4 is 4.74 Å². The lowest BCUT2D eigenvalue weighted by Gasteiger charge is -2.35. The normalized spacial score (nSPS) is 25.7. The van der Waals surface area contributed by atoms with E-state index in [1.165, 1.54) is 11.1 Å². The monoisotopic (exact) mass is 605 g/mol. The minimum Gasteiger partial charge on any atom is -0.496 e. The average Bonchev–Trinajstić information content (AvgIpc) is 3.54. The highest BCUT2D eigenvalue weighted by molar-refractivity contribution is 5.89. The standard InChI is InChI=1S/C37H51NO6/c1-9-42-35(40)32-30(37(5,6)7)33(44-22-24-21-25(36(2,3)4)18-19-28(24)41-8)31(38(32)34(39)29-15-12-20-43-29)27-14-11-10-13-26(27)23-16-17-23/h10-11,13-14,18-19,21,23,29-33H,9,12,15-17,20,22H2,1-8H3/t29-,30+,31-,32-,33-/m0/s1. The van der Waals surface area contributed by atoms with Gasteiger partial charge < -0.3 is 23.8 Å². The van der Waals surface area contributed by atoms with E-state index >= 15 is 0 Å². The highest BCUT2D eigenvalue weighted by Gasteiger charge is 2.60. The molecule has 240 valence electrons. The zero-order chi connectivity index (χ0) is 31.8. The minimum absolute atomic E-state index is 0.0480. The first-order valence-corrected chi connectivity index (χ1v) is 16.3. The first-order chi connectivity index (χ1) is 20.9. The SMILES string of the molecule is CCOC(=O)[C@@H]1[C@@H](C(C)(C)C)[C@H](OCc2cc(C(C)(C)C)ccc2OC)[C@H](c2ccccc2C2CC2)N1C(=O)[C@@H]1CCCO1. The average molecular weight is 606 g/mol. The fourth-order valence-electron chi connectivity index (χ4n) is 7.16. The van der Waals surface area contributed by atoms with E-state index in [2.05, 4.69) is 71.9 Å². The van der Waals surface area contributed by atoms with E-state index in [9.17, 15) is 9.59 Å². The highest BCUT2D eigenvalue weighted by Crippen LogP contribution is 2.53. The fourth-order valence-corrected chi connectivity index (χ4v) is 7.16. The first kappa shape index (κ1) is 32.5. The summed E-state index contributed by atoms with van der Waals surface area (Å²) in [6.45, 7) is 15.8. The summed E-state index contributed by atoms with van der Waals surface area (Å²) in [7, 11) is 1.68. The Morgan fingerprint density at radius 1 is 0.977 bits per heavy atom. The Morgan fingerprint density at radius 2 is 1.68 bits per heavy atom. The summed E-state index contributed by atoms with van der Waals surface area (Å²) < 4.78 is 24.5. The largest absolute Gasteiger partial charge is 0.496 e. The van der Waals surface area contributed by atoms with Crippen molar-refractivity contribution >= 4 is 11.9 Å². The van der Waals surface area contributed by atoms with E-state index < -0.39 is 29.7 Å². The van der Waals surface area contributed by atoms with Gasteiger partial charge in [-0.25, -0.2) is 4.79 Å². The van der Waals surface area contributed by atoms with Crippen molar-refractivity contribution in [1.82, 2.24) is 4.90 Å². The molecule has 0 unspecified atom stereocenters. The number of esters is 1. The van der Waals surface area contributed by atoms with Crippen LogP contribution >= 0.6 is 0 Å². The van der Waals surface area contributed by atoms with Gasteiger partial charge in [0.2, 0.25) is 0 Å². The van der Waals surface area contributed by atoms with Crippen molar-refractivity contribution in [2.75, 3.05) is 20.3 Å². The van der Waals surface area contributed by atoms with Crippen LogP contribution in [0.15, 0.2) is 42.5 Å². The second-order valence-electron chi connectivity index (χ2n) is 14.7. The molecule has 44 heavy (non-hydrogen) atoms. The van der Waals surface area contributed by atoms with E-state index in [4.69, 9.17) is 18.9 Å². The number of hydrogen-bond acceptors (Lipinski definition) is 6. The molecule has 0 spiro atoms. The lowest BCUT2D eigenvalue weighted by molar-refractivity contribution is -0.160. The Bertz CT molecular complexity index is 1330. The van der Waals surface area contributed by atoms with Crippen molar-refractivity contribution in [3.63, 3.8) is 0 Å². The van der Waals surface area contributed by atoms with E-state index in [-0.39, 0.29) is 36.4 Å². The van der Waals surface area contributed by atoms with Crippen molar-refractivity contribution in [2.45, 2.75) is 116 Å². The Balaban J connectivity index is 1.66. The summed E-state index contributed by atoms with van der Waals surface area (Å²) in [6, 6.07) is 13.4. The molecule has 7 nitrogen and oxygen atoms in total. The molecule has 1 saturated carbocycles. The number of carbonyl (C=O) groups is 2. The van der Waals surface area contributed by atoms with Crippen LogP contribution in [0.3, 0.4) is 0 Å². The van der Waals surface area contributed by atoms with Crippen LogP contribution in [0.5, 0.6) is 5.75 Å². The maximum absolute atomic E-state index is 14.5. The predicted molar refractivity (Wildman–Crippen MR) is 171 cm³/mol. The number of hydrogen-bond donors (Lipinski definition) is 0. The van der Waals surface area contributed by atoms with Gasteiger partial charge in [-0.05, 0) is 78.2 Å². The van der Waals surface area contributed by atoms with Crippen LogP contribution in [0, 0.1) is 11.3 Å². The van der Waals surface area contributed by atoms with Crippen molar-refractivity contribution in [3.8, 4) is 5.75 Å². The second-order valence-corrected chi connectivity index (χ2v) is 14.7. The summed E-state index contributed by atoms with van der Waals surface area (Å²) in [5.41, 5.74) is 3.98. The van der Waals surface area contributed by atoms with Crippen molar-refractivity contribution in [3.05, 3.63) is 64.7 Å². The quantitative estimate of drug-likeness (QED) is 0.284. The van der Waals surface area contributed by atoms with Gasteiger partial charge in [0.25, 0.3) is 5.91 Å². The molecule has 5 rings (SSSR count). The Morgan fingerprint density at radius 3 is 2.25 bits per heavy atom. The molecule has 2 aromatic carbocycles. The highest BCUT2D eigenvalue weighted by atomic mass is 16.5. The summed E-state index contributed by atoms with van der Waals surface area (Å²) in [6.07, 6.45) is 2.66. The molecular formula is C37H51NO6. The molecule has 3 aliphatic rings. The smallest absolute Gasteiger partial charge is 0.329 e. The van der Waals surface area contributed by atoms with Gasteiger partial charge in [0.05, 0.1) is 32.5 Å². The Labute approximate surface area is 263 Å². The number of nitrogens with zero attached hydrogens (tertiary/aromatic N) is 1. The Kier molecular flexibility index (Phi) is 9.48. The molecule has 2 saturated heterocycles. The molecule has 0 N–H and O–H groups in total. The number of benzene rings is 2. The molecule has 1 aliphatic carbocycles. The van der Waals surface area contributed by atoms with Crippen LogP contribution in [0.2, 0.25) is 0 Å². The number of likely N-dealkylation sites (tertiary alicyclic amines) is 1. The third-order valence-electron chi connectivity index (χ3n) is 9.50.